The molecule has 19 heavy (non-hydrogen) atoms. The molecule has 0 amide bonds. The van der Waals surface area contributed by atoms with Gasteiger partial charge >= 0.3 is 5.97 Å². The van der Waals surface area contributed by atoms with Crippen LogP contribution in [0.3, 0.4) is 0 Å². The monoisotopic (exact) mass is 268 g/mol. The van der Waals surface area contributed by atoms with E-state index in [1.165, 1.54) is 18.2 Å². The van der Waals surface area contributed by atoms with Crippen molar-refractivity contribution in [1.82, 2.24) is 10.2 Å². The van der Waals surface area contributed by atoms with E-state index < -0.39 is 17.8 Å². The van der Waals surface area contributed by atoms with Crippen LogP contribution in [0.1, 0.15) is 18.5 Å². The van der Waals surface area contributed by atoms with Gasteiger partial charge < -0.3 is 15.5 Å². The van der Waals surface area contributed by atoms with Gasteiger partial charge in [-0.25, -0.2) is 4.39 Å². The molecule has 1 aliphatic rings. The molecule has 0 bridgehead atoms. The number of piperazine rings is 1. The molecule has 0 spiro atoms. The van der Waals surface area contributed by atoms with Crippen molar-refractivity contribution in [2.45, 2.75) is 19.0 Å². The Balaban J connectivity index is 2.28. The average molecular weight is 268 g/mol. The third kappa shape index (κ3) is 2.85. The van der Waals surface area contributed by atoms with Crippen LogP contribution in [0.15, 0.2) is 18.2 Å². The van der Waals surface area contributed by atoms with Gasteiger partial charge in [0.2, 0.25) is 0 Å². The van der Waals surface area contributed by atoms with Crippen LogP contribution in [0.25, 0.3) is 0 Å². The SMILES string of the molecule is CC(c1cc(F)ccc1O)N1CCNCC1C(=O)O. The number of aromatic hydroxyl groups is 1. The first kappa shape index (κ1) is 13.8. The van der Waals surface area contributed by atoms with Crippen molar-refractivity contribution < 1.29 is 19.4 Å². The Morgan fingerprint density at radius 2 is 2.32 bits per heavy atom. The van der Waals surface area contributed by atoms with Crippen LogP contribution in [-0.4, -0.2) is 46.8 Å². The lowest BCUT2D eigenvalue weighted by Gasteiger charge is -2.38. The van der Waals surface area contributed by atoms with E-state index in [4.69, 9.17) is 0 Å². The standard InChI is InChI=1S/C13H17FN2O3/c1-8(10-6-9(14)2-3-12(10)17)16-5-4-15-7-11(16)13(18)19/h2-3,6,8,11,15,17H,4-5,7H2,1H3,(H,18,19). The van der Waals surface area contributed by atoms with E-state index in [0.29, 0.717) is 25.2 Å². The van der Waals surface area contributed by atoms with Crippen molar-refractivity contribution in [3.8, 4) is 5.75 Å². The zero-order valence-corrected chi connectivity index (χ0v) is 10.6. The van der Waals surface area contributed by atoms with Gasteiger partial charge in [-0.3, -0.25) is 9.69 Å². The van der Waals surface area contributed by atoms with Crippen LogP contribution in [0, 0.1) is 5.82 Å². The first-order valence-electron chi connectivity index (χ1n) is 6.18. The van der Waals surface area contributed by atoms with E-state index in [0.717, 1.165) is 0 Å². The van der Waals surface area contributed by atoms with Gasteiger partial charge in [0.05, 0.1) is 0 Å². The molecule has 1 aromatic carbocycles. The molecule has 1 fully saturated rings. The summed E-state index contributed by atoms with van der Waals surface area (Å²) >= 11 is 0. The van der Waals surface area contributed by atoms with Crippen molar-refractivity contribution in [3.05, 3.63) is 29.6 Å². The van der Waals surface area contributed by atoms with Crippen LogP contribution in [-0.2, 0) is 4.79 Å². The summed E-state index contributed by atoms with van der Waals surface area (Å²) in [6.07, 6.45) is 0. The molecule has 0 aromatic heterocycles. The molecule has 2 unspecified atom stereocenters. The number of nitrogens with one attached hydrogen (secondary N) is 1. The summed E-state index contributed by atoms with van der Waals surface area (Å²) in [5.41, 5.74) is 0.410. The van der Waals surface area contributed by atoms with Gasteiger partial charge in [-0.15, -0.1) is 0 Å². The second kappa shape index (κ2) is 5.54. The van der Waals surface area contributed by atoms with Crippen molar-refractivity contribution in [3.63, 3.8) is 0 Å². The van der Waals surface area contributed by atoms with Crippen LogP contribution in [0.4, 0.5) is 4.39 Å². The van der Waals surface area contributed by atoms with Gasteiger partial charge in [0, 0.05) is 31.2 Å². The van der Waals surface area contributed by atoms with E-state index in [2.05, 4.69) is 5.32 Å². The number of carboxylic acids is 1. The second-order valence-electron chi connectivity index (χ2n) is 4.68. The normalized spacial score (nSPS) is 22.1. The number of carbonyl (C=O) groups is 1. The zero-order valence-electron chi connectivity index (χ0n) is 10.6. The third-order valence-corrected chi connectivity index (χ3v) is 3.51. The number of phenolic OH excluding ortho intramolecular Hbond substituents is 1. The maximum atomic E-state index is 13.3. The highest BCUT2D eigenvalue weighted by Crippen LogP contribution is 2.30. The molecule has 3 N–H and O–H groups in total. The van der Waals surface area contributed by atoms with E-state index in [-0.39, 0.29) is 11.8 Å². The van der Waals surface area contributed by atoms with Crippen LogP contribution >= 0.6 is 0 Å². The van der Waals surface area contributed by atoms with Gasteiger partial charge in [-0.1, -0.05) is 0 Å². The minimum atomic E-state index is -0.921. The third-order valence-electron chi connectivity index (χ3n) is 3.51. The van der Waals surface area contributed by atoms with E-state index in [9.17, 15) is 19.4 Å². The Bertz CT molecular complexity index is 481. The number of hydrogen-bond donors (Lipinski definition) is 3. The summed E-state index contributed by atoms with van der Waals surface area (Å²) in [6.45, 7) is 3.32. The van der Waals surface area contributed by atoms with Crippen LogP contribution < -0.4 is 5.32 Å². The molecule has 0 saturated carbocycles. The number of aliphatic carboxylic acids is 1. The predicted octanol–water partition coefficient (Wildman–Crippen LogP) is 0.951. The van der Waals surface area contributed by atoms with E-state index in [1.807, 2.05) is 0 Å². The van der Waals surface area contributed by atoms with Gasteiger partial charge in [0.15, 0.2) is 0 Å². The van der Waals surface area contributed by atoms with Crippen LogP contribution in [0.2, 0.25) is 0 Å². The average Bonchev–Trinajstić information content (AvgIpc) is 2.40. The molecule has 1 saturated heterocycles. The summed E-state index contributed by atoms with van der Waals surface area (Å²) < 4.78 is 13.3. The van der Waals surface area contributed by atoms with E-state index >= 15 is 0 Å². The quantitative estimate of drug-likeness (QED) is 0.761. The Kier molecular flexibility index (Phi) is 4.01. The lowest BCUT2D eigenvalue weighted by Crippen LogP contribution is -2.55. The van der Waals surface area contributed by atoms with Gasteiger partial charge in [0.1, 0.15) is 17.6 Å². The number of halogens is 1. The molecule has 1 heterocycles. The molecule has 6 heteroatoms. The number of benzene rings is 1. The Labute approximate surface area is 110 Å². The minimum Gasteiger partial charge on any atom is -0.508 e. The fourth-order valence-corrected chi connectivity index (χ4v) is 2.45. The van der Waals surface area contributed by atoms with E-state index in [1.54, 1.807) is 11.8 Å². The molecule has 1 aliphatic heterocycles. The van der Waals surface area contributed by atoms with Crippen molar-refractivity contribution in [2.24, 2.45) is 0 Å². The molecule has 0 aliphatic carbocycles. The molecule has 2 rings (SSSR count). The first-order chi connectivity index (χ1) is 9.00. The molecule has 2 atom stereocenters. The first-order valence-corrected chi connectivity index (χ1v) is 6.18. The number of hydrogen-bond acceptors (Lipinski definition) is 4. The zero-order chi connectivity index (χ0) is 14.0. The van der Waals surface area contributed by atoms with Crippen molar-refractivity contribution in [2.75, 3.05) is 19.6 Å². The fraction of sp³-hybridized carbons (Fsp3) is 0.462. The smallest absolute Gasteiger partial charge is 0.322 e. The Morgan fingerprint density at radius 3 is 3.00 bits per heavy atom. The summed E-state index contributed by atoms with van der Waals surface area (Å²) in [5, 5.41) is 22.0. The fourth-order valence-electron chi connectivity index (χ4n) is 2.45. The summed E-state index contributed by atoms with van der Waals surface area (Å²) in [5.74, 6) is -1.38. The second-order valence-corrected chi connectivity index (χ2v) is 4.68. The molecule has 5 nitrogen and oxygen atoms in total. The lowest BCUT2D eigenvalue weighted by atomic mass is 10.0. The maximum Gasteiger partial charge on any atom is 0.322 e. The number of phenols is 1. The molecular formula is C13H17FN2O3. The number of rotatable bonds is 3. The van der Waals surface area contributed by atoms with Crippen molar-refractivity contribution in [1.29, 1.82) is 0 Å². The number of carboxylic acid groups (broad SMARTS) is 1. The molecule has 1 aromatic rings. The molecular weight excluding hydrogens is 251 g/mol. The highest BCUT2D eigenvalue weighted by Gasteiger charge is 2.33. The maximum absolute atomic E-state index is 13.3. The summed E-state index contributed by atoms with van der Waals surface area (Å²) in [7, 11) is 0. The Hall–Kier alpha value is -1.66. The topological polar surface area (TPSA) is 72.8 Å². The van der Waals surface area contributed by atoms with Gasteiger partial charge in [0.25, 0.3) is 0 Å². The highest BCUT2D eigenvalue weighted by atomic mass is 19.1. The summed E-state index contributed by atoms with van der Waals surface area (Å²) in [4.78, 5) is 13.0. The minimum absolute atomic E-state index is 0.0171. The largest absolute Gasteiger partial charge is 0.508 e. The number of nitrogens with zero attached hydrogens (tertiary/aromatic N) is 1. The van der Waals surface area contributed by atoms with Crippen LogP contribution in [0.5, 0.6) is 5.75 Å². The summed E-state index contributed by atoms with van der Waals surface area (Å²) in [6, 6.07) is 2.68. The molecule has 0 radical (unpaired) electrons. The lowest BCUT2D eigenvalue weighted by molar-refractivity contribution is -0.145. The van der Waals surface area contributed by atoms with Crippen molar-refractivity contribution >= 4 is 5.97 Å². The Morgan fingerprint density at radius 1 is 1.58 bits per heavy atom. The van der Waals surface area contributed by atoms with Gasteiger partial charge in [-0.2, -0.15) is 0 Å². The highest BCUT2D eigenvalue weighted by molar-refractivity contribution is 5.74. The van der Waals surface area contributed by atoms with Gasteiger partial charge in [-0.05, 0) is 25.1 Å². The molecule has 104 valence electrons. The predicted molar refractivity (Wildman–Crippen MR) is 67.5 cm³/mol.